The van der Waals surface area contributed by atoms with Crippen LogP contribution in [-0.4, -0.2) is 16.3 Å². The fraction of sp³-hybridized carbons (Fsp3) is 0.900. The van der Waals surface area contributed by atoms with Gasteiger partial charge in [0.15, 0.2) is 0 Å². The molecule has 0 radical (unpaired) electrons. The topological polar surface area (TPSA) is 32.6 Å². The molecule has 2 atom stereocenters. The minimum atomic E-state index is -0.0667. The van der Waals surface area contributed by atoms with Gasteiger partial charge in [0.25, 0.3) is 0 Å². The fourth-order valence-electron chi connectivity index (χ4n) is 1.88. The SMILES string of the molecule is CC(C)(C)[C@@H]1CC/C(=N\O)[C@H](Cl)C1. The highest BCUT2D eigenvalue weighted by Crippen LogP contribution is 2.38. The minimum Gasteiger partial charge on any atom is -0.411 e. The van der Waals surface area contributed by atoms with Crippen LogP contribution in [0.1, 0.15) is 40.0 Å². The van der Waals surface area contributed by atoms with E-state index in [2.05, 4.69) is 25.9 Å². The Morgan fingerprint density at radius 3 is 2.46 bits per heavy atom. The van der Waals surface area contributed by atoms with Crippen LogP contribution in [0, 0.1) is 11.3 Å². The van der Waals surface area contributed by atoms with E-state index in [1.54, 1.807) is 0 Å². The standard InChI is InChI=1S/C10H18ClNO/c1-10(2,3)7-4-5-9(12-13)8(11)6-7/h7-8,13H,4-6H2,1-3H3/b12-9+/t7-,8-/m1/s1. The van der Waals surface area contributed by atoms with Crippen LogP contribution in [0.4, 0.5) is 0 Å². The van der Waals surface area contributed by atoms with Gasteiger partial charge in [-0.15, -0.1) is 11.6 Å². The number of hydrogen-bond donors (Lipinski definition) is 1. The Kier molecular flexibility index (Phi) is 3.23. The molecule has 0 heterocycles. The summed E-state index contributed by atoms with van der Waals surface area (Å²) in [6.45, 7) is 6.72. The molecule has 76 valence electrons. The van der Waals surface area contributed by atoms with E-state index in [9.17, 15) is 0 Å². The molecule has 1 rings (SSSR count). The molecule has 0 aromatic rings. The Morgan fingerprint density at radius 1 is 1.46 bits per heavy atom. The van der Waals surface area contributed by atoms with Crippen LogP contribution in [0.5, 0.6) is 0 Å². The van der Waals surface area contributed by atoms with Crippen molar-refractivity contribution in [1.82, 2.24) is 0 Å². The number of oxime groups is 1. The van der Waals surface area contributed by atoms with Crippen molar-refractivity contribution in [1.29, 1.82) is 0 Å². The van der Waals surface area contributed by atoms with Crippen molar-refractivity contribution in [2.45, 2.75) is 45.4 Å². The molecule has 13 heavy (non-hydrogen) atoms. The average molecular weight is 204 g/mol. The minimum absolute atomic E-state index is 0.0667. The molecule has 1 aliphatic rings. The first-order valence-electron chi connectivity index (χ1n) is 4.80. The first-order valence-corrected chi connectivity index (χ1v) is 5.23. The van der Waals surface area contributed by atoms with Gasteiger partial charge < -0.3 is 5.21 Å². The monoisotopic (exact) mass is 203 g/mol. The Morgan fingerprint density at radius 2 is 2.08 bits per heavy atom. The van der Waals surface area contributed by atoms with E-state index >= 15 is 0 Å². The molecule has 0 unspecified atom stereocenters. The van der Waals surface area contributed by atoms with E-state index in [1.807, 2.05) is 0 Å². The molecule has 0 saturated heterocycles. The molecular formula is C10H18ClNO. The molecule has 0 aromatic carbocycles. The Balaban J connectivity index is 2.61. The largest absolute Gasteiger partial charge is 0.411 e. The van der Waals surface area contributed by atoms with E-state index in [4.69, 9.17) is 16.8 Å². The zero-order chi connectivity index (χ0) is 10.1. The maximum Gasteiger partial charge on any atom is 0.0754 e. The van der Waals surface area contributed by atoms with Gasteiger partial charge in [0.1, 0.15) is 0 Å². The van der Waals surface area contributed by atoms with Crippen LogP contribution in [0.15, 0.2) is 5.16 Å². The highest BCUT2D eigenvalue weighted by molar-refractivity contribution is 6.32. The Labute approximate surface area is 85.0 Å². The van der Waals surface area contributed by atoms with Crippen LogP contribution < -0.4 is 0 Å². The van der Waals surface area contributed by atoms with Crippen molar-refractivity contribution in [2.75, 3.05) is 0 Å². The van der Waals surface area contributed by atoms with Gasteiger partial charge in [-0.3, -0.25) is 0 Å². The van der Waals surface area contributed by atoms with Gasteiger partial charge in [-0.25, -0.2) is 0 Å². The van der Waals surface area contributed by atoms with E-state index in [1.165, 1.54) is 0 Å². The summed E-state index contributed by atoms with van der Waals surface area (Å²) >= 11 is 6.09. The zero-order valence-electron chi connectivity index (χ0n) is 8.55. The fourth-order valence-corrected chi connectivity index (χ4v) is 2.25. The second kappa shape index (κ2) is 3.87. The van der Waals surface area contributed by atoms with Crippen molar-refractivity contribution in [3.63, 3.8) is 0 Å². The molecule has 0 spiro atoms. The molecule has 0 amide bonds. The summed E-state index contributed by atoms with van der Waals surface area (Å²) in [6, 6.07) is 0. The Bertz CT molecular complexity index is 207. The molecule has 1 fully saturated rings. The third kappa shape index (κ3) is 2.60. The summed E-state index contributed by atoms with van der Waals surface area (Å²) in [5, 5.41) is 11.8. The molecule has 3 heteroatoms. The molecule has 0 aliphatic heterocycles. The summed E-state index contributed by atoms with van der Waals surface area (Å²) in [7, 11) is 0. The van der Waals surface area contributed by atoms with Gasteiger partial charge in [0, 0.05) is 0 Å². The molecule has 0 aromatic heterocycles. The lowest BCUT2D eigenvalue weighted by Gasteiger charge is -2.35. The van der Waals surface area contributed by atoms with E-state index < -0.39 is 0 Å². The van der Waals surface area contributed by atoms with E-state index in [0.717, 1.165) is 25.0 Å². The predicted octanol–water partition coefficient (Wildman–Crippen LogP) is 3.27. The maximum atomic E-state index is 8.65. The van der Waals surface area contributed by atoms with Crippen LogP contribution in [0.3, 0.4) is 0 Å². The average Bonchev–Trinajstić information content (AvgIpc) is 2.02. The summed E-state index contributed by atoms with van der Waals surface area (Å²) < 4.78 is 0. The number of hydrogen-bond acceptors (Lipinski definition) is 2. The van der Waals surface area contributed by atoms with Gasteiger partial charge in [0.2, 0.25) is 0 Å². The molecule has 1 saturated carbocycles. The van der Waals surface area contributed by atoms with Gasteiger partial charge in [-0.1, -0.05) is 25.9 Å². The third-order valence-corrected chi connectivity index (χ3v) is 3.39. The second-order valence-electron chi connectivity index (χ2n) is 4.90. The molecule has 2 nitrogen and oxygen atoms in total. The first-order chi connectivity index (χ1) is 5.95. The summed E-state index contributed by atoms with van der Waals surface area (Å²) in [5.74, 6) is 0.639. The van der Waals surface area contributed by atoms with Crippen LogP contribution >= 0.6 is 11.6 Å². The molecular weight excluding hydrogens is 186 g/mol. The lowest BCUT2D eigenvalue weighted by Crippen LogP contribution is -2.32. The van der Waals surface area contributed by atoms with Crippen LogP contribution in [-0.2, 0) is 0 Å². The van der Waals surface area contributed by atoms with Crippen molar-refractivity contribution in [3.8, 4) is 0 Å². The Hall–Kier alpha value is -0.240. The highest BCUT2D eigenvalue weighted by Gasteiger charge is 2.33. The summed E-state index contributed by atoms with van der Waals surface area (Å²) in [5.41, 5.74) is 1.07. The van der Waals surface area contributed by atoms with Gasteiger partial charge in [-0.2, -0.15) is 0 Å². The van der Waals surface area contributed by atoms with Gasteiger partial charge >= 0.3 is 0 Å². The highest BCUT2D eigenvalue weighted by atomic mass is 35.5. The normalized spacial score (nSPS) is 33.7. The van der Waals surface area contributed by atoms with Crippen molar-refractivity contribution in [3.05, 3.63) is 0 Å². The number of halogens is 1. The molecule has 1 aliphatic carbocycles. The summed E-state index contributed by atoms with van der Waals surface area (Å²) in [4.78, 5) is 0. The second-order valence-corrected chi connectivity index (χ2v) is 5.42. The van der Waals surface area contributed by atoms with Crippen molar-refractivity contribution < 1.29 is 5.21 Å². The zero-order valence-corrected chi connectivity index (χ0v) is 9.30. The molecule has 0 bridgehead atoms. The van der Waals surface area contributed by atoms with Gasteiger partial charge in [-0.05, 0) is 30.6 Å². The number of nitrogens with zero attached hydrogens (tertiary/aromatic N) is 1. The lowest BCUT2D eigenvalue weighted by atomic mass is 9.72. The van der Waals surface area contributed by atoms with Crippen molar-refractivity contribution in [2.24, 2.45) is 16.5 Å². The quantitative estimate of drug-likeness (QED) is 0.366. The predicted molar refractivity (Wildman–Crippen MR) is 55.7 cm³/mol. The van der Waals surface area contributed by atoms with Crippen molar-refractivity contribution >= 4 is 17.3 Å². The lowest BCUT2D eigenvalue weighted by molar-refractivity contribution is 0.206. The van der Waals surface area contributed by atoms with E-state index in [0.29, 0.717) is 11.3 Å². The van der Waals surface area contributed by atoms with Crippen LogP contribution in [0.25, 0.3) is 0 Å². The number of alkyl halides is 1. The molecule has 1 N–H and O–H groups in total. The first kappa shape index (κ1) is 10.8. The third-order valence-electron chi connectivity index (χ3n) is 2.96. The van der Waals surface area contributed by atoms with Crippen LogP contribution in [0.2, 0.25) is 0 Å². The maximum absolute atomic E-state index is 8.65. The smallest absolute Gasteiger partial charge is 0.0754 e. The summed E-state index contributed by atoms with van der Waals surface area (Å²) in [6.07, 6.45) is 2.86. The van der Waals surface area contributed by atoms with Gasteiger partial charge in [0.05, 0.1) is 11.1 Å². The number of rotatable bonds is 0. The van der Waals surface area contributed by atoms with E-state index in [-0.39, 0.29) is 5.38 Å².